The highest BCUT2D eigenvalue weighted by atomic mass is 16.7. The van der Waals surface area contributed by atoms with Crippen LogP contribution in [0.3, 0.4) is 0 Å². The monoisotopic (exact) mass is 938 g/mol. The number of rotatable bonds is 40. The third-order valence-electron chi connectivity index (χ3n) is 11.7. The van der Waals surface area contributed by atoms with Gasteiger partial charge < -0.3 is 38.5 Å². The zero-order valence-corrected chi connectivity index (χ0v) is 42.2. The minimum Gasteiger partial charge on any atom is -0.463 e. The van der Waals surface area contributed by atoms with Gasteiger partial charge in [-0.15, -0.1) is 0 Å². The molecule has 1 fully saturated rings. The fourth-order valence-corrected chi connectivity index (χ4v) is 8.28. The molecule has 382 valence electrons. The van der Waals surface area contributed by atoms with Gasteiger partial charge in [0.15, 0.2) is 24.6 Å². The summed E-state index contributed by atoms with van der Waals surface area (Å²) in [7, 11) is 0. The number of hydrogen-bond donors (Lipinski definition) is 1. The Hall–Kier alpha value is -3.52. The van der Waals surface area contributed by atoms with Crippen LogP contribution < -0.4 is 5.32 Å². The van der Waals surface area contributed by atoms with Crippen LogP contribution in [-0.2, 0) is 61.9 Å². The lowest BCUT2D eigenvalue weighted by Crippen LogP contribution is -2.63. The first kappa shape index (κ1) is 60.5. The fourth-order valence-electron chi connectivity index (χ4n) is 8.28. The van der Waals surface area contributed by atoms with Gasteiger partial charge in [-0.3, -0.25) is 28.8 Å². The number of carbonyl (C=O) groups is 6. The van der Waals surface area contributed by atoms with E-state index in [9.17, 15) is 28.8 Å². The second kappa shape index (κ2) is 39.5. The van der Waals surface area contributed by atoms with E-state index >= 15 is 0 Å². The van der Waals surface area contributed by atoms with E-state index in [0.29, 0.717) is 6.42 Å². The van der Waals surface area contributed by atoms with Gasteiger partial charge in [0.25, 0.3) is 0 Å². The largest absolute Gasteiger partial charge is 0.463 e. The zero-order chi connectivity index (χ0) is 48.8. The first-order valence-corrected chi connectivity index (χ1v) is 25.8. The molecule has 1 aliphatic heterocycles. The maximum Gasteiger partial charge on any atom is 0.303 e. The summed E-state index contributed by atoms with van der Waals surface area (Å²) in [4.78, 5) is 74.9. The molecule has 0 aromatic carbocycles. The van der Waals surface area contributed by atoms with Gasteiger partial charge in [-0.25, -0.2) is 0 Å². The molecule has 0 saturated carbocycles. The molecule has 7 atom stereocenters. The van der Waals surface area contributed by atoms with Crippen molar-refractivity contribution in [3.63, 3.8) is 0 Å². The van der Waals surface area contributed by atoms with Crippen molar-refractivity contribution in [2.45, 2.75) is 271 Å². The topological polar surface area (TPSA) is 179 Å². The van der Waals surface area contributed by atoms with Crippen molar-refractivity contribution < 1.29 is 61.9 Å². The highest BCUT2D eigenvalue weighted by Gasteiger charge is 2.53. The van der Waals surface area contributed by atoms with Crippen LogP contribution in [0.4, 0.5) is 0 Å². The minimum atomic E-state index is -1.47. The van der Waals surface area contributed by atoms with Gasteiger partial charge in [-0.2, -0.15) is 0 Å². The van der Waals surface area contributed by atoms with E-state index in [1.165, 1.54) is 136 Å². The summed E-state index contributed by atoms with van der Waals surface area (Å²) >= 11 is 0. The average Bonchev–Trinajstić information content (AvgIpc) is 3.25. The van der Waals surface area contributed by atoms with Crippen LogP contribution in [0.5, 0.6) is 0 Å². The molecule has 1 rings (SSSR count). The van der Waals surface area contributed by atoms with E-state index in [2.05, 4.69) is 19.2 Å². The number of esters is 5. The molecule has 0 bridgehead atoms. The molecule has 66 heavy (non-hydrogen) atoms. The highest BCUT2D eigenvalue weighted by molar-refractivity contribution is 5.76. The summed E-state index contributed by atoms with van der Waals surface area (Å²) in [6.45, 7) is 9.66. The Kier molecular flexibility index (Phi) is 36.2. The van der Waals surface area contributed by atoms with E-state index < -0.39 is 79.3 Å². The second-order valence-corrected chi connectivity index (χ2v) is 18.1. The van der Waals surface area contributed by atoms with Crippen molar-refractivity contribution in [3.8, 4) is 0 Å². The zero-order valence-electron chi connectivity index (χ0n) is 42.2. The maximum atomic E-state index is 13.6. The molecule has 0 aliphatic carbocycles. The van der Waals surface area contributed by atoms with E-state index in [-0.39, 0.29) is 18.9 Å². The number of unbranched alkanes of at least 4 members (excludes halogenated alkanes) is 25. The SMILES string of the molecule is CCCCCCCCCCCCCC=CC(OC(C)=O)C(COC1OC(COC(C)=O)C(OC(C)=O)C(OC(C)=O)C1OC(C)=O)NC(=O)CCCCCCCCCCCCCCCCC. The predicted molar refractivity (Wildman–Crippen MR) is 255 cm³/mol. The predicted octanol–water partition coefficient (Wildman–Crippen LogP) is 11.0. The van der Waals surface area contributed by atoms with Crippen LogP contribution in [0.1, 0.15) is 228 Å². The Labute approximate surface area is 398 Å². The van der Waals surface area contributed by atoms with Crippen LogP contribution in [0.2, 0.25) is 0 Å². The lowest BCUT2D eigenvalue weighted by atomic mass is 9.98. The van der Waals surface area contributed by atoms with Crippen molar-refractivity contribution in [1.29, 1.82) is 0 Å². The number of nitrogens with one attached hydrogen (secondary N) is 1. The number of allylic oxidation sites excluding steroid dienone is 1. The van der Waals surface area contributed by atoms with Gasteiger partial charge in [-0.05, 0) is 25.3 Å². The molecule has 14 nitrogen and oxygen atoms in total. The lowest BCUT2D eigenvalue weighted by Gasteiger charge is -2.44. The van der Waals surface area contributed by atoms with Gasteiger partial charge in [0.05, 0.1) is 12.6 Å². The summed E-state index contributed by atoms with van der Waals surface area (Å²) in [6.07, 6.45) is 28.4. The maximum absolute atomic E-state index is 13.6. The van der Waals surface area contributed by atoms with Crippen LogP contribution in [0.15, 0.2) is 12.2 Å². The number of hydrogen-bond acceptors (Lipinski definition) is 13. The van der Waals surface area contributed by atoms with Crippen LogP contribution in [0.25, 0.3) is 0 Å². The summed E-state index contributed by atoms with van der Waals surface area (Å²) < 4.78 is 40.0. The third-order valence-corrected chi connectivity index (χ3v) is 11.7. The van der Waals surface area contributed by atoms with Crippen molar-refractivity contribution in [2.75, 3.05) is 13.2 Å². The molecule has 1 amide bonds. The quantitative estimate of drug-likeness (QED) is 0.0266. The Bertz CT molecular complexity index is 1360. The Balaban J connectivity index is 3.08. The Morgan fingerprint density at radius 3 is 1.38 bits per heavy atom. The van der Waals surface area contributed by atoms with Crippen LogP contribution in [-0.4, -0.2) is 91.8 Å². The molecule has 1 saturated heterocycles. The van der Waals surface area contributed by atoms with Gasteiger partial charge in [0.2, 0.25) is 5.91 Å². The summed E-state index contributed by atoms with van der Waals surface area (Å²) in [5, 5.41) is 3.01. The molecule has 0 aromatic rings. The molecule has 0 radical (unpaired) electrons. The Morgan fingerprint density at radius 2 is 0.939 bits per heavy atom. The molecule has 1 N–H and O–H groups in total. The van der Waals surface area contributed by atoms with E-state index in [0.717, 1.165) is 65.7 Å². The van der Waals surface area contributed by atoms with Crippen molar-refractivity contribution in [2.24, 2.45) is 0 Å². The van der Waals surface area contributed by atoms with Crippen molar-refractivity contribution in [3.05, 3.63) is 12.2 Å². The molecule has 0 aromatic heterocycles. The van der Waals surface area contributed by atoms with Gasteiger partial charge in [0, 0.05) is 41.0 Å². The lowest BCUT2D eigenvalue weighted by molar-refractivity contribution is -0.309. The standard InChI is InChI=1S/C52H91NO13/c1-8-10-12-14-16-18-20-22-23-25-27-29-31-33-35-37-48(59)53-45(46(62-41(4)55)36-34-32-30-28-26-24-21-19-17-15-13-11-9-2)38-61-52-51(65-44(7)58)50(64-43(6)57)49(63-42(5)56)47(66-52)39-60-40(3)54/h34,36,45-47,49-52H,8-33,35,37-39H2,1-7H3,(H,53,59). The summed E-state index contributed by atoms with van der Waals surface area (Å²) in [5.41, 5.74) is 0. The average molecular weight is 938 g/mol. The van der Waals surface area contributed by atoms with Crippen LogP contribution >= 0.6 is 0 Å². The summed E-state index contributed by atoms with van der Waals surface area (Å²) in [6, 6.07) is -0.918. The Morgan fingerprint density at radius 1 is 0.515 bits per heavy atom. The van der Waals surface area contributed by atoms with Crippen molar-refractivity contribution in [1.82, 2.24) is 5.32 Å². The van der Waals surface area contributed by atoms with E-state index in [1.807, 2.05) is 6.08 Å². The second-order valence-electron chi connectivity index (χ2n) is 18.1. The minimum absolute atomic E-state index is 0.253. The summed E-state index contributed by atoms with van der Waals surface area (Å²) in [5.74, 6) is -3.77. The third kappa shape index (κ3) is 31.5. The highest BCUT2D eigenvalue weighted by Crippen LogP contribution is 2.30. The molecule has 1 aliphatic rings. The van der Waals surface area contributed by atoms with Gasteiger partial charge >= 0.3 is 29.8 Å². The molecule has 14 heteroatoms. The molecule has 0 spiro atoms. The molecular weight excluding hydrogens is 847 g/mol. The smallest absolute Gasteiger partial charge is 0.303 e. The first-order chi connectivity index (χ1) is 31.8. The molecule has 1 heterocycles. The normalized spacial score (nSPS) is 19.2. The fraction of sp³-hybridized carbons (Fsp3) is 0.846. The number of carbonyl (C=O) groups excluding carboxylic acids is 6. The van der Waals surface area contributed by atoms with Crippen molar-refractivity contribution >= 4 is 35.8 Å². The molecular formula is C52H91NO13. The van der Waals surface area contributed by atoms with Gasteiger partial charge in [0.1, 0.15) is 18.8 Å². The van der Waals surface area contributed by atoms with Crippen LogP contribution in [0, 0.1) is 0 Å². The number of amides is 1. The van der Waals surface area contributed by atoms with E-state index in [1.54, 1.807) is 6.08 Å². The molecule has 7 unspecified atom stereocenters. The first-order valence-electron chi connectivity index (χ1n) is 25.8. The number of ether oxygens (including phenoxy) is 7. The van der Waals surface area contributed by atoms with Gasteiger partial charge in [-0.1, -0.05) is 174 Å². The van der Waals surface area contributed by atoms with E-state index in [4.69, 9.17) is 33.2 Å².